The molecular weight excluding hydrogens is 412 g/mol. The standard InChI is InChI=1S/C26H32N6O/c1-19(2)24(28-26(33)22-11-7-8-13-27-22)25-30-29-23-12-14-31(15-16-32(23)25)18-20(3)17-21-9-5-4-6-10-21/h4-11,13,17,19,24H,12,14-16,18H2,1-3H3,(H,28,33)/b20-17+. The summed E-state index contributed by atoms with van der Waals surface area (Å²) in [5.41, 5.74) is 2.97. The second-order valence-corrected chi connectivity index (χ2v) is 8.96. The first-order valence-electron chi connectivity index (χ1n) is 11.6. The van der Waals surface area contributed by atoms with Crippen LogP contribution in [0.2, 0.25) is 0 Å². The van der Waals surface area contributed by atoms with Crippen molar-refractivity contribution in [2.75, 3.05) is 19.6 Å². The van der Waals surface area contributed by atoms with Crippen molar-refractivity contribution in [3.63, 3.8) is 0 Å². The monoisotopic (exact) mass is 444 g/mol. The normalized spacial score (nSPS) is 15.7. The Morgan fingerprint density at radius 1 is 1.06 bits per heavy atom. The summed E-state index contributed by atoms with van der Waals surface area (Å²) < 4.78 is 2.19. The van der Waals surface area contributed by atoms with E-state index in [1.165, 1.54) is 11.1 Å². The third-order valence-corrected chi connectivity index (χ3v) is 5.96. The first-order chi connectivity index (χ1) is 16.0. The van der Waals surface area contributed by atoms with Crippen molar-refractivity contribution in [3.05, 3.63) is 83.2 Å². The number of hydrogen-bond donors (Lipinski definition) is 1. The minimum absolute atomic E-state index is 0.168. The molecule has 33 heavy (non-hydrogen) atoms. The van der Waals surface area contributed by atoms with Crippen LogP contribution in [0.3, 0.4) is 0 Å². The Labute approximate surface area is 195 Å². The van der Waals surface area contributed by atoms with Crippen LogP contribution in [-0.4, -0.2) is 50.2 Å². The van der Waals surface area contributed by atoms with E-state index in [1.807, 2.05) is 12.1 Å². The molecule has 1 aromatic carbocycles. The average molecular weight is 445 g/mol. The highest BCUT2D eigenvalue weighted by Gasteiger charge is 2.28. The van der Waals surface area contributed by atoms with Crippen molar-refractivity contribution in [3.8, 4) is 0 Å². The molecule has 0 spiro atoms. The summed E-state index contributed by atoms with van der Waals surface area (Å²) in [7, 11) is 0. The van der Waals surface area contributed by atoms with Gasteiger partial charge >= 0.3 is 0 Å². The minimum atomic E-state index is -0.230. The molecule has 1 unspecified atom stereocenters. The quantitative estimate of drug-likeness (QED) is 0.601. The van der Waals surface area contributed by atoms with Crippen LogP contribution in [-0.2, 0) is 13.0 Å². The van der Waals surface area contributed by atoms with Crippen molar-refractivity contribution in [2.45, 2.75) is 39.8 Å². The van der Waals surface area contributed by atoms with Gasteiger partial charge < -0.3 is 9.88 Å². The van der Waals surface area contributed by atoms with Crippen LogP contribution in [0.15, 0.2) is 60.3 Å². The Morgan fingerprint density at radius 3 is 2.58 bits per heavy atom. The van der Waals surface area contributed by atoms with Crippen LogP contribution in [0.4, 0.5) is 0 Å². The highest BCUT2D eigenvalue weighted by molar-refractivity contribution is 5.92. The molecule has 1 atom stereocenters. The van der Waals surface area contributed by atoms with E-state index in [4.69, 9.17) is 0 Å². The molecule has 0 fully saturated rings. The summed E-state index contributed by atoms with van der Waals surface area (Å²) >= 11 is 0. The number of rotatable bonds is 7. The van der Waals surface area contributed by atoms with Gasteiger partial charge in [0.1, 0.15) is 11.5 Å². The van der Waals surface area contributed by atoms with E-state index in [-0.39, 0.29) is 17.9 Å². The lowest BCUT2D eigenvalue weighted by Crippen LogP contribution is -2.35. The highest BCUT2D eigenvalue weighted by Crippen LogP contribution is 2.23. The summed E-state index contributed by atoms with van der Waals surface area (Å²) in [5.74, 6) is 1.78. The van der Waals surface area contributed by atoms with Gasteiger partial charge in [-0.1, -0.05) is 61.9 Å². The zero-order valence-electron chi connectivity index (χ0n) is 19.6. The Kier molecular flexibility index (Phi) is 7.29. The molecule has 4 rings (SSSR count). The fraction of sp³-hybridized carbons (Fsp3) is 0.385. The molecule has 1 N–H and O–H groups in total. The lowest BCUT2D eigenvalue weighted by Gasteiger charge is -2.23. The van der Waals surface area contributed by atoms with Crippen LogP contribution in [0, 0.1) is 5.92 Å². The van der Waals surface area contributed by atoms with Crippen LogP contribution < -0.4 is 5.32 Å². The van der Waals surface area contributed by atoms with Gasteiger partial charge in [0.15, 0.2) is 5.82 Å². The first kappa shape index (κ1) is 22.9. The summed E-state index contributed by atoms with van der Waals surface area (Å²) in [4.78, 5) is 19.4. The van der Waals surface area contributed by atoms with E-state index in [9.17, 15) is 4.79 Å². The van der Waals surface area contributed by atoms with Gasteiger partial charge in [0, 0.05) is 38.8 Å². The molecule has 172 valence electrons. The highest BCUT2D eigenvalue weighted by atomic mass is 16.2. The van der Waals surface area contributed by atoms with Gasteiger partial charge in [-0.3, -0.25) is 14.7 Å². The van der Waals surface area contributed by atoms with Crippen LogP contribution in [0.25, 0.3) is 6.08 Å². The van der Waals surface area contributed by atoms with Gasteiger partial charge in [-0.2, -0.15) is 0 Å². The molecule has 0 saturated carbocycles. The van der Waals surface area contributed by atoms with Crippen LogP contribution in [0.5, 0.6) is 0 Å². The molecule has 1 amide bonds. The molecule has 3 heterocycles. The number of fused-ring (bicyclic) bond motifs is 1. The van der Waals surface area contributed by atoms with Gasteiger partial charge in [-0.05, 0) is 30.5 Å². The number of benzene rings is 1. The second kappa shape index (κ2) is 10.5. The van der Waals surface area contributed by atoms with Crippen molar-refractivity contribution < 1.29 is 4.79 Å². The number of carbonyl (C=O) groups is 1. The molecule has 0 radical (unpaired) electrons. The molecule has 0 bridgehead atoms. The zero-order chi connectivity index (χ0) is 23.2. The third kappa shape index (κ3) is 5.73. The zero-order valence-corrected chi connectivity index (χ0v) is 19.6. The summed E-state index contributed by atoms with van der Waals surface area (Å²) in [5, 5.41) is 12.1. The number of aromatic nitrogens is 4. The summed E-state index contributed by atoms with van der Waals surface area (Å²) in [6, 6.07) is 15.5. The fourth-order valence-electron chi connectivity index (χ4n) is 4.25. The number of nitrogens with zero attached hydrogens (tertiary/aromatic N) is 5. The Hall–Kier alpha value is -3.32. The Morgan fingerprint density at radius 2 is 1.85 bits per heavy atom. The van der Waals surface area contributed by atoms with Crippen molar-refractivity contribution >= 4 is 12.0 Å². The molecule has 2 aromatic heterocycles. The van der Waals surface area contributed by atoms with E-state index in [0.29, 0.717) is 5.69 Å². The molecule has 0 aliphatic carbocycles. The number of nitrogens with one attached hydrogen (secondary N) is 1. The largest absolute Gasteiger partial charge is 0.340 e. The second-order valence-electron chi connectivity index (χ2n) is 8.96. The predicted molar refractivity (Wildman–Crippen MR) is 130 cm³/mol. The number of carbonyl (C=O) groups excluding carboxylic acids is 1. The molecule has 1 aliphatic heterocycles. The van der Waals surface area contributed by atoms with Crippen molar-refractivity contribution in [2.24, 2.45) is 5.92 Å². The SMILES string of the molecule is C/C(=C\c1ccccc1)CN1CCc2nnc(C(NC(=O)c3ccccn3)C(C)C)n2CC1. The maximum absolute atomic E-state index is 12.8. The fourth-order valence-corrected chi connectivity index (χ4v) is 4.25. The minimum Gasteiger partial charge on any atom is -0.340 e. The van der Waals surface area contributed by atoms with Gasteiger partial charge in [0.05, 0.1) is 6.04 Å². The predicted octanol–water partition coefficient (Wildman–Crippen LogP) is 3.76. The average Bonchev–Trinajstić information content (AvgIpc) is 3.11. The summed E-state index contributed by atoms with van der Waals surface area (Å²) in [6.45, 7) is 9.94. The first-order valence-corrected chi connectivity index (χ1v) is 11.6. The van der Waals surface area contributed by atoms with Crippen LogP contribution >= 0.6 is 0 Å². The van der Waals surface area contributed by atoms with E-state index in [0.717, 1.165) is 44.2 Å². The van der Waals surface area contributed by atoms with E-state index in [2.05, 4.69) is 81.1 Å². The smallest absolute Gasteiger partial charge is 0.270 e. The van der Waals surface area contributed by atoms with Gasteiger partial charge in [0.25, 0.3) is 5.91 Å². The van der Waals surface area contributed by atoms with Crippen molar-refractivity contribution in [1.29, 1.82) is 0 Å². The molecule has 7 heteroatoms. The van der Waals surface area contributed by atoms with Gasteiger partial charge in [0.2, 0.25) is 0 Å². The van der Waals surface area contributed by atoms with E-state index in [1.54, 1.807) is 18.3 Å². The molecule has 3 aromatic rings. The third-order valence-electron chi connectivity index (χ3n) is 5.96. The number of amides is 1. The Balaban J connectivity index is 1.45. The lowest BCUT2D eigenvalue weighted by atomic mass is 10.0. The molecule has 1 aliphatic rings. The topological polar surface area (TPSA) is 75.9 Å². The maximum atomic E-state index is 12.8. The van der Waals surface area contributed by atoms with Crippen LogP contribution in [0.1, 0.15) is 54.5 Å². The van der Waals surface area contributed by atoms with Crippen molar-refractivity contribution in [1.82, 2.24) is 30.0 Å². The molecular formula is C26H32N6O. The lowest BCUT2D eigenvalue weighted by molar-refractivity contribution is 0.0916. The molecule has 7 nitrogen and oxygen atoms in total. The Bertz CT molecular complexity index is 1090. The van der Waals surface area contributed by atoms with Gasteiger partial charge in [-0.25, -0.2) is 0 Å². The summed E-state index contributed by atoms with van der Waals surface area (Å²) in [6.07, 6.45) is 4.72. The van der Waals surface area contributed by atoms with E-state index < -0.39 is 0 Å². The maximum Gasteiger partial charge on any atom is 0.270 e. The molecule has 0 saturated heterocycles. The van der Waals surface area contributed by atoms with E-state index >= 15 is 0 Å². The number of hydrogen-bond acceptors (Lipinski definition) is 5. The number of pyridine rings is 1. The van der Waals surface area contributed by atoms with Gasteiger partial charge in [-0.15, -0.1) is 10.2 Å².